The van der Waals surface area contributed by atoms with Crippen molar-refractivity contribution < 1.29 is 10.0 Å². The maximum Gasteiger partial charge on any atom is 0.406 e. The molecule has 7 nitrogen and oxygen atoms in total. The summed E-state index contributed by atoms with van der Waals surface area (Å²) in [6.45, 7) is 0.547. The van der Waals surface area contributed by atoms with Crippen molar-refractivity contribution >= 4 is 11.6 Å². The number of nitrogens with one attached hydrogen (secondary N) is 1. The molecule has 0 spiro atoms. The van der Waals surface area contributed by atoms with Gasteiger partial charge < -0.3 is 20.5 Å². The Hall–Kier alpha value is -2.57. The molecule has 2 rings (SSSR count). The van der Waals surface area contributed by atoms with Crippen LogP contribution in [0.15, 0.2) is 30.6 Å². The number of anilines is 1. The van der Waals surface area contributed by atoms with E-state index in [1.54, 1.807) is 23.7 Å². The SMILES string of the molecule is Cn1cnc([N+](=O)[O-])c1NCCc1ccc(O)cc1. The summed E-state index contributed by atoms with van der Waals surface area (Å²) in [5.74, 6) is 0.441. The number of nitro groups is 1. The fourth-order valence-corrected chi connectivity index (χ4v) is 1.74. The van der Waals surface area contributed by atoms with Crippen LogP contribution in [0, 0.1) is 10.1 Å². The number of rotatable bonds is 5. The van der Waals surface area contributed by atoms with E-state index in [0.717, 1.165) is 5.56 Å². The Morgan fingerprint density at radius 2 is 2.11 bits per heavy atom. The van der Waals surface area contributed by atoms with Crippen molar-refractivity contribution in [3.63, 3.8) is 0 Å². The van der Waals surface area contributed by atoms with E-state index in [4.69, 9.17) is 5.11 Å². The average molecular weight is 262 g/mol. The Labute approximate surface area is 109 Å². The van der Waals surface area contributed by atoms with Gasteiger partial charge in [0, 0.05) is 13.6 Å². The van der Waals surface area contributed by atoms with E-state index in [0.29, 0.717) is 18.8 Å². The number of aryl methyl sites for hydroxylation is 1. The van der Waals surface area contributed by atoms with Crippen LogP contribution < -0.4 is 5.32 Å². The highest BCUT2D eigenvalue weighted by Crippen LogP contribution is 2.20. The number of hydrogen-bond donors (Lipinski definition) is 2. The van der Waals surface area contributed by atoms with Gasteiger partial charge in [-0.3, -0.25) is 4.57 Å². The first-order chi connectivity index (χ1) is 9.08. The molecular formula is C12H14N4O3. The zero-order valence-corrected chi connectivity index (χ0v) is 10.4. The molecule has 100 valence electrons. The van der Waals surface area contributed by atoms with Gasteiger partial charge in [0.05, 0.1) is 0 Å². The van der Waals surface area contributed by atoms with Crippen LogP contribution in [-0.2, 0) is 13.5 Å². The van der Waals surface area contributed by atoms with Crippen LogP contribution in [0.25, 0.3) is 0 Å². The summed E-state index contributed by atoms with van der Waals surface area (Å²) in [4.78, 5) is 14.0. The molecule has 1 aromatic heterocycles. The summed E-state index contributed by atoms with van der Waals surface area (Å²) in [5.41, 5.74) is 1.04. The van der Waals surface area contributed by atoms with E-state index in [1.165, 1.54) is 6.33 Å². The smallest absolute Gasteiger partial charge is 0.406 e. The average Bonchev–Trinajstić information content (AvgIpc) is 2.74. The van der Waals surface area contributed by atoms with Gasteiger partial charge in [0.25, 0.3) is 0 Å². The van der Waals surface area contributed by atoms with Crippen LogP contribution in [0.5, 0.6) is 5.75 Å². The number of aromatic hydroxyl groups is 1. The van der Waals surface area contributed by atoms with Crippen molar-refractivity contribution in [2.45, 2.75) is 6.42 Å². The highest BCUT2D eigenvalue weighted by Gasteiger charge is 2.19. The van der Waals surface area contributed by atoms with Crippen molar-refractivity contribution in [1.29, 1.82) is 0 Å². The quantitative estimate of drug-likeness (QED) is 0.631. The Bertz CT molecular complexity index is 577. The lowest BCUT2D eigenvalue weighted by Gasteiger charge is -2.06. The maximum absolute atomic E-state index is 10.8. The zero-order valence-electron chi connectivity index (χ0n) is 10.4. The van der Waals surface area contributed by atoms with Gasteiger partial charge in [-0.25, -0.2) is 0 Å². The molecule has 0 bridgehead atoms. The van der Waals surface area contributed by atoms with Crippen molar-refractivity contribution in [3.05, 3.63) is 46.3 Å². The molecule has 7 heteroatoms. The van der Waals surface area contributed by atoms with Crippen LogP contribution in [0.3, 0.4) is 0 Å². The first kappa shape index (κ1) is 12.9. The minimum absolute atomic E-state index is 0.173. The number of hydrogen-bond acceptors (Lipinski definition) is 5. The molecule has 2 N–H and O–H groups in total. The highest BCUT2D eigenvalue weighted by molar-refractivity contribution is 5.52. The fourth-order valence-electron chi connectivity index (χ4n) is 1.74. The van der Waals surface area contributed by atoms with Gasteiger partial charge in [-0.1, -0.05) is 12.1 Å². The minimum atomic E-state index is -0.511. The molecule has 0 radical (unpaired) electrons. The van der Waals surface area contributed by atoms with Crippen molar-refractivity contribution in [3.8, 4) is 5.75 Å². The van der Waals surface area contributed by atoms with Crippen LogP contribution in [0.2, 0.25) is 0 Å². The summed E-state index contributed by atoms with van der Waals surface area (Å²) in [6.07, 6.45) is 2.10. The van der Waals surface area contributed by atoms with Crippen LogP contribution in [0.1, 0.15) is 5.56 Å². The molecule has 1 aromatic carbocycles. The summed E-state index contributed by atoms with van der Waals surface area (Å²) < 4.78 is 1.58. The lowest BCUT2D eigenvalue weighted by molar-refractivity contribution is -0.388. The van der Waals surface area contributed by atoms with Gasteiger partial charge in [-0.2, -0.15) is 0 Å². The van der Waals surface area contributed by atoms with Gasteiger partial charge in [0.15, 0.2) is 0 Å². The molecule has 0 aliphatic carbocycles. The molecular weight excluding hydrogens is 248 g/mol. The molecule has 0 fully saturated rings. The molecule has 0 saturated carbocycles. The second kappa shape index (κ2) is 5.38. The van der Waals surface area contributed by atoms with Crippen molar-refractivity contribution in [2.24, 2.45) is 7.05 Å². The molecule has 0 unspecified atom stereocenters. The standard InChI is InChI=1S/C12H14N4O3/c1-15-8-14-12(16(18)19)11(15)13-7-6-9-2-4-10(17)5-3-9/h2-5,8,13,17H,6-7H2,1H3. The fraction of sp³-hybridized carbons (Fsp3) is 0.250. The maximum atomic E-state index is 10.8. The number of benzene rings is 1. The van der Waals surface area contributed by atoms with Crippen LogP contribution in [0.4, 0.5) is 11.6 Å². The number of aromatic nitrogens is 2. The molecule has 1 heterocycles. The topological polar surface area (TPSA) is 93.2 Å². The summed E-state index contributed by atoms with van der Waals surface area (Å²) in [7, 11) is 1.70. The van der Waals surface area contributed by atoms with Crippen LogP contribution in [-0.4, -0.2) is 26.1 Å². The molecule has 19 heavy (non-hydrogen) atoms. The van der Waals surface area contributed by atoms with E-state index >= 15 is 0 Å². The van der Waals surface area contributed by atoms with E-state index in [9.17, 15) is 10.1 Å². The van der Waals surface area contributed by atoms with Gasteiger partial charge in [-0.15, -0.1) is 0 Å². The predicted octanol–water partition coefficient (Wildman–Crippen LogP) is 1.69. The molecule has 0 aliphatic heterocycles. The molecule has 2 aromatic rings. The Balaban J connectivity index is 1.97. The summed E-state index contributed by atoms with van der Waals surface area (Å²) >= 11 is 0. The molecule has 0 saturated heterocycles. The Kier molecular flexibility index (Phi) is 3.65. The van der Waals surface area contributed by atoms with Gasteiger partial charge in [0.2, 0.25) is 12.1 Å². The predicted molar refractivity (Wildman–Crippen MR) is 70.2 cm³/mol. The number of phenols is 1. The summed E-state index contributed by atoms with van der Waals surface area (Å²) in [5, 5.41) is 22.9. The van der Waals surface area contributed by atoms with E-state index in [2.05, 4.69) is 10.3 Å². The second-order valence-electron chi connectivity index (χ2n) is 4.13. The number of phenolic OH excluding ortho intramolecular Hbond substituents is 1. The lowest BCUT2D eigenvalue weighted by atomic mass is 10.1. The zero-order chi connectivity index (χ0) is 13.8. The van der Waals surface area contributed by atoms with Crippen molar-refractivity contribution in [2.75, 3.05) is 11.9 Å². The normalized spacial score (nSPS) is 10.4. The Morgan fingerprint density at radius 1 is 1.42 bits per heavy atom. The van der Waals surface area contributed by atoms with Gasteiger partial charge in [-0.05, 0) is 34.0 Å². The second-order valence-corrected chi connectivity index (χ2v) is 4.13. The minimum Gasteiger partial charge on any atom is -0.508 e. The third-order valence-corrected chi connectivity index (χ3v) is 2.73. The highest BCUT2D eigenvalue weighted by atomic mass is 16.6. The van der Waals surface area contributed by atoms with E-state index in [-0.39, 0.29) is 11.6 Å². The van der Waals surface area contributed by atoms with E-state index in [1.807, 2.05) is 12.1 Å². The van der Waals surface area contributed by atoms with Gasteiger partial charge in [0.1, 0.15) is 5.75 Å². The number of imidazole rings is 1. The largest absolute Gasteiger partial charge is 0.508 e. The number of nitrogens with zero attached hydrogens (tertiary/aromatic N) is 3. The van der Waals surface area contributed by atoms with E-state index < -0.39 is 4.92 Å². The molecule has 0 aliphatic rings. The molecule has 0 atom stereocenters. The lowest BCUT2D eigenvalue weighted by Crippen LogP contribution is -2.09. The van der Waals surface area contributed by atoms with Crippen molar-refractivity contribution in [1.82, 2.24) is 9.55 Å². The monoisotopic (exact) mass is 262 g/mol. The first-order valence-corrected chi connectivity index (χ1v) is 5.75. The first-order valence-electron chi connectivity index (χ1n) is 5.75. The van der Waals surface area contributed by atoms with Gasteiger partial charge >= 0.3 is 5.82 Å². The third kappa shape index (κ3) is 3.01. The third-order valence-electron chi connectivity index (χ3n) is 2.73. The molecule has 0 amide bonds. The Morgan fingerprint density at radius 3 is 2.74 bits per heavy atom. The summed E-state index contributed by atoms with van der Waals surface area (Å²) in [6, 6.07) is 6.85. The van der Waals surface area contributed by atoms with Crippen LogP contribution >= 0.6 is 0 Å².